The monoisotopic (exact) mass is 349 g/mol. The number of rotatable bonds is 3. The molecule has 1 heterocycles. The largest absolute Gasteiger partial charge is 0.497 e. The fraction of sp³-hybridized carbons (Fsp3) is 0.632. The van der Waals surface area contributed by atoms with E-state index in [1.54, 1.807) is 19.1 Å². The molecular formula is C19H27NO5. The van der Waals surface area contributed by atoms with E-state index in [4.69, 9.17) is 14.2 Å². The molecule has 0 bridgehead atoms. The third-order valence-corrected chi connectivity index (χ3v) is 5.74. The van der Waals surface area contributed by atoms with E-state index in [1.807, 2.05) is 18.2 Å². The molecule has 1 aliphatic heterocycles. The highest BCUT2D eigenvalue weighted by molar-refractivity contribution is 5.69. The second-order valence-corrected chi connectivity index (χ2v) is 6.92. The first-order valence-electron chi connectivity index (χ1n) is 8.83. The van der Waals surface area contributed by atoms with Gasteiger partial charge in [0.2, 0.25) is 0 Å². The highest BCUT2D eigenvalue weighted by Crippen LogP contribution is 2.51. The molecule has 1 saturated heterocycles. The molecule has 6 heteroatoms. The lowest BCUT2D eigenvalue weighted by Crippen LogP contribution is -2.56. The zero-order valence-corrected chi connectivity index (χ0v) is 15.2. The first-order valence-corrected chi connectivity index (χ1v) is 8.83. The highest BCUT2D eigenvalue weighted by atomic mass is 16.5. The van der Waals surface area contributed by atoms with Gasteiger partial charge in [-0.05, 0) is 31.4 Å². The van der Waals surface area contributed by atoms with E-state index in [0.717, 1.165) is 31.2 Å². The summed E-state index contributed by atoms with van der Waals surface area (Å²) >= 11 is 0. The third-order valence-electron chi connectivity index (χ3n) is 5.74. The van der Waals surface area contributed by atoms with Crippen molar-refractivity contribution in [3.05, 3.63) is 23.8 Å². The van der Waals surface area contributed by atoms with Crippen LogP contribution >= 0.6 is 0 Å². The standard InChI is InChI=1S/C19H27NO5/c1-23-13-7-8-14(16(12-13)24-2)17-15-6-4-5-9-19(15,22)10-11-20(17)18(21)25-3/h7-8,12,15,17,22H,4-6,9-11H2,1-3H3/t15-,17-,19-/m0/s1. The van der Waals surface area contributed by atoms with E-state index in [-0.39, 0.29) is 18.1 Å². The first-order chi connectivity index (χ1) is 12.0. The summed E-state index contributed by atoms with van der Waals surface area (Å²) in [4.78, 5) is 14.1. The van der Waals surface area contributed by atoms with Crippen LogP contribution in [0.25, 0.3) is 0 Å². The van der Waals surface area contributed by atoms with Gasteiger partial charge < -0.3 is 24.2 Å². The quantitative estimate of drug-likeness (QED) is 0.908. The molecule has 3 atom stereocenters. The summed E-state index contributed by atoms with van der Waals surface area (Å²) < 4.78 is 15.9. The SMILES string of the molecule is COC(=O)N1CC[C@@]2(O)CCCC[C@H]2[C@@H]1c1ccc(OC)cc1OC. The highest BCUT2D eigenvalue weighted by Gasteiger charge is 2.51. The molecule has 0 radical (unpaired) electrons. The lowest BCUT2D eigenvalue weighted by Gasteiger charge is -2.52. The number of carbonyl (C=O) groups excluding carboxylic acids is 1. The predicted molar refractivity (Wildman–Crippen MR) is 92.9 cm³/mol. The Balaban J connectivity index is 2.07. The Kier molecular flexibility index (Phi) is 5.08. The van der Waals surface area contributed by atoms with E-state index < -0.39 is 5.60 Å². The summed E-state index contributed by atoms with van der Waals surface area (Å²) in [5.74, 6) is 1.32. The van der Waals surface area contributed by atoms with Gasteiger partial charge in [-0.2, -0.15) is 0 Å². The van der Waals surface area contributed by atoms with Gasteiger partial charge in [0, 0.05) is 24.1 Å². The van der Waals surface area contributed by atoms with Crippen LogP contribution in [0.1, 0.15) is 43.7 Å². The maximum absolute atomic E-state index is 12.4. The molecule has 0 aromatic heterocycles. The van der Waals surface area contributed by atoms with Crippen molar-refractivity contribution in [2.75, 3.05) is 27.9 Å². The fourth-order valence-corrected chi connectivity index (χ4v) is 4.45. The van der Waals surface area contributed by atoms with Crippen LogP contribution in [0.4, 0.5) is 4.79 Å². The van der Waals surface area contributed by atoms with Crippen molar-refractivity contribution in [1.82, 2.24) is 4.90 Å². The van der Waals surface area contributed by atoms with Crippen LogP contribution in [0.5, 0.6) is 11.5 Å². The summed E-state index contributed by atoms with van der Waals surface area (Å²) in [6, 6.07) is 5.34. The minimum Gasteiger partial charge on any atom is -0.497 e. The Morgan fingerprint density at radius 2 is 2.00 bits per heavy atom. The zero-order valence-electron chi connectivity index (χ0n) is 15.2. The normalized spacial score (nSPS) is 28.9. The number of piperidine rings is 1. The van der Waals surface area contributed by atoms with E-state index in [9.17, 15) is 9.90 Å². The molecule has 1 N–H and O–H groups in total. The van der Waals surface area contributed by atoms with Crippen molar-refractivity contribution < 1.29 is 24.1 Å². The summed E-state index contributed by atoms with van der Waals surface area (Å²) in [5.41, 5.74) is 0.150. The van der Waals surface area contributed by atoms with E-state index >= 15 is 0 Å². The van der Waals surface area contributed by atoms with Gasteiger partial charge in [0.05, 0.1) is 33.0 Å². The number of methoxy groups -OCH3 is 3. The molecule has 1 aromatic rings. The van der Waals surface area contributed by atoms with Crippen LogP contribution in [-0.4, -0.2) is 49.6 Å². The Morgan fingerprint density at radius 3 is 2.68 bits per heavy atom. The number of hydrogen-bond donors (Lipinski definition) is 1. The molecule has 6 nitrogen and oxygen atoms in total. The van der Waals surface area contributed by atoms with Gasteiger partial charge in [-0.15, -0.1) is 0 Å². The number of fused-ring (bicyclic) bond motifs is 1. The molecule has 3 rings (SSSR count). The topological polar surface area (TPSA) is 68.2 Å². The minimum absolute atomic E-state index is 0.0311. The van der Waals surface area contributed by atoms with Gasteiger partial charge in [-0.1, -0.05) is 12.8 Å². The molecule has 138 valence electrons. The molecule has 1 amide bonds. The molecule has 0 spiro atoms. The van der Waals surface area contributed by atoms with Gasteiger partial charge >= 0.3 is 6.09 Å². The van der Waals surface area contributed by atoms with Crippen molar-refractivity contribution in [2.24, 2.45) is 5.92 Å². The average Bonchev–Trinajstić information content (AvgIpc) is 2.65. The van der Waals surface area contributed by atoms with E-state index in [1.165, 1.54) is 7.11 Å². The Labute approximate surface area is 148 Å². The first kappa shape index (κ1) is 17.9. The number of aliphatic hydroxyl groups is 1. The van der Waals surface area contributed by atoms with Gasteiger partial charge in [-0.25, -0.2) is 4.79 Å². The van der Waals surface area contributed by atoms with Crippen LogP contribution in [0.3, 0.4) is 0 Å². The Bertz CT molecular complexity index is 634. The smallest absolute Gasteiger partial charge is 0.410 e. The second kappa shape index (κ2) is 7.12. The van der Waals surface area contributed by atoms with Crippen molar-refractivity contribution >= 4 is 6.09 Å². The van der Waals surface area contributed by atoms with Gasteiger partial charge in [0.25, 0.3) is 0 Å². The molecular weight excluding hydrogens is 322 g/mol. The van der Waals surface area contributed by atoms with Crippen LogP contribution in [0, 0.1) is 5.92 Å². The number of nitrogens with zero attached hydrogens (tertiary/aromatic N) is 1. The van der Waals surface area contributed by atoms with Crippen LogP contribution < -0.4 is 9.47 Å². The molecule has 2 aliphatic rings. The molecule has 0 unspecified atom stereocenters. The Hall–Kier alpha value is -1.95. The predicted octanol–water partition coefficient (Wildman–Crippen LogP) is 3.14. The van der Waals surface area contributed by atoms with E-state index in [2.05, 4.69) is 0 Å². The van der Waals surface area contributed by atoms with Crippen LogP contribution in [-0.2, 0) is 4.74 Å². The molecule has 25 heavy (non-hydrogen) atoms. The number of likely N-dealkylation sites (tertiary alicyclic amines) is 1. The minimum atomic E-state index is -0.738. The van der Waals surface area contributed by atoms with Crippen LogP contribution in [0.2, 0.25) is 0 Å². The summed E-state index contributed by atoms with van der Waals surface area (Å²) in [6.45, 7) is 0.472. The van der Waals surface area contributed by atoms with Crippen molar-refractivity contribution in [3.63, 3.8) is 0 Å². The van der Waals surface area contributed by atoms with Crippen molar-refractivity contribution in [3.8, 4) is 11.5 Å². The number of benzene rings is 1. The fourth-order valence-electron chi connectivity index (χ4n) is 4.45. The third kappa shape index (κ3) is 3.15. The molecule has 1 saturated carbocycles. The maximum Gasteiger partial charge on any atom is 0.410 e. The summed E-state index contributed by atoms with van der Waals surface area (Å²) in [5, 5.41) is 11.2. The maximum atomic E-state index is 12.4. The summed E-state index contributed by atoms with van der Waals surface area (Å²) in [6.07, 6.45) is 3.96. The lowest BCUT2D eigenvalue weighted by molar-refractivity contribution is -0.118. The Morgan fingerprint density at radius 1 is 1.20 bits per heavy atom. The molecule has 1 aromatic carbocycles. The van der Waals surface area contributed by atoms with Gasteiger partial charge in [0.15, 0.2) is 0 Å². The zero-order chi connectivity index (χ0) is 18.0. The number of hydrogen-bond acceptors (Lipinski definition) is 5. The van der Waals surface area contributed by atoms with Gasteiger partial charge in [-0.3, -0.25) is 0 Å². The number of carbonyl (C=O) groups is 1. The molecule has 2 fully saturated rings. The van der Waals surface area contributed by atoms with E-state index in [0.29, 0.717) is 24.5 Å². The number of amides is 1. The van der Waals surface area contributed by atoms with Crippen molar-refractivity contribution in [2.45, 2.75) is 43.7 Å². The van der Waals surface area contributed by atoms with Crippen molar-refractivity contribution in [1.29, 1.82) is 0 Å². The molecule has 1 aliphatic carbocycles. The lowest BCUT2D eigenvalue weighted by atomic mass is 9.66. The second-order valence-electron chi connectivity index (χ2n) is 6.92. The van der Waals surface area contributed by atoms with Gasteiger partial charge in [0.1, 0.15) is 11.5 Å². The summed E-state index contributed by atoms with van der Waals surface area (Å²) in [7, 11) is 4.61. The van der Waals surface area contributed by atoms with Crippen LogP contribution in [0.15, 0.2) is 18.2 Å². The number of ether oxygens (including phenoxy) is 3. The average molecular weight is 349 g/mol.